The predicted octanol–water partition coefficient (Wildman–Crippen LogP) is 1.74. The SMILES string of the molecule is N#Cc1cc(S(=O)(=O)NCC2(N)CCC2)ccc1C(F)(F)F. The Labute approximate surface area is 126 Å². The summed E-state index contributed by atoms with van der Waals surface area (Å²) in [4.78, 5) is -0.389. The Bertz CT molecular complexity index is 719. The molecule has 2 rings (SSSR count). The summed E-state index contributed by atoms with van der Waals surface area (Å²) < 4.78 is 64.5. The molecule has 0 atom stereocenters. The van der Waals surface area contributed by atoms with E-state index in [1.54, 1.807) is 0 Å². The Balaban J connectivity index is 2.26. The summed E-state index contributed by atoms with van der Waals surface area (Å²) in [6, 6.07) is 3.51. The third-order valence-corrected chi connectivity index (χ3v) is 5.09. The average molecular weight is 333 g/mol. The number of nitriles is 1. The Morgan fingerprint density at radius 1 is 1.36 bits per heavy atom. The van der Waals surface area contributed by atoms with Gasteiger partial charge >= 0.3 is 6.18 Å². The van der Waals surface area contributed by atoms with Gasteiger partial charge in [0.25, 0.3) is 0 Å². The number of hydrogen-bond donors (Lipinski definition) is 2. The summed E-state index contributed by atoms with van der Waals surface area (Å²) in [5.41, 5.74) is 3.40. The molecule has 1 aromatic carbocycles. The van der Waals surface area contributed by atoms with Gasteiger partial charge in [0.15, 0.2) is 0 Å². The van der Waals surface area contributed by atoms with E-state index in [1.165, 1.54) is 6.07 Å². The van der Waals surface area contributed by atoms with E-state index >= 15 is 0 Å². The van der Waals surface area contributed by atoms with E-state index in [4.69, 9.17) is 11.0 Å². The zero-order chi connectivity index (χ0) is 16.6. The maximum Gasteiger partial charge on any atom is 0.417 e. The molecule has 120 valence electrons. The van der Waals surface area contributed by atoms with Crippen LogP contribution in [0.2, 0.25) is 0 Å². The number of nitrogens with one attached hydrogen (secondary N) is 1. The van der Waals surface area contributed by atoms with Crippen molar-refractivity contribution in [1.29, 1.82) is 5.26 Å². The second kappa shape index (κ2) is 5.53. The molecule has 0 amide bonds. The number of halogens is 3. The van der Waals surface area contributed by atoms with Crippen molar-refractivity contribution in [2.45, 2.75) is 35.9 Å². The summed E-state index contributed by atoms with van der Waals surface area (Å²) in [7, 11) is -4.01. The predicted molar refractivity (Wildman–Crippen MR) is 72.1 cm³/mol. The van der Waals surface area contributed by atoms with Gasteiger partial charge in [-0.3, -0.25) is 0 Å². The molecule has 5 nitrogen and oxygen atoms in total. The van der Waals surface area contributed by atoms with Crippen molar-refractivity contribution in [1.82, 2.24) is 4.72 Å². The molecule has 0 bridgehead atoms. The third kappa shape index (κ3) is 3.40. The van der Waals surface area contributed by atoms with Crippen molar-refractivity contribution in [3.05, 3.63) is 29.3 Å². The van der Waals surface area contributed by atoms with Crippen molar-refractivity contribution in [2.75, 3.05) is 6.54 Å². The zero-order valence-electron chi connectivity index (χ0n) is 11.4. The monoisotopic (exact) mass is 333 g/mol. The van der Waals surface area contributed by atoms with E-state index in [0.29, 0.717) is 18.9 Å². The van der Waals surface area contributed by atoms with E-state index < -0.39 is 32.9 Å². The highest BCUT2D eigenvalue weighted by Crippen LogP contribution is 2.33. The Hall–Kier alpha value is -1.63. The first-order valence-corrected chi connectivity index (χ1v) is 7.96. The van der Waals surface area contributed by atoms with Crippen molar-refractivity contribution >= 4 is 10.0 Å². The fourth-order valence-corrected chi connectivity index (χ4v) is 3.32. The molecule has 1 aromatic rings. The molecule has 0 radical (unpaired) electrons. The maximum atomic E-state index is 12.7. The molecule has 22 heavy (non-hydrogen) atoms. The molecule has 1 aliphatic rings. The quantitative estimate of drug-likeness (QED) is 0.877. The minimum Gasteiger partial charge on any atom is -0.324 e. The number of benzene rings is 1. The lowest BCUT2D eigenvalue weighted by molar-refractivity contribution is -0.137. The van der Waals surface area contributed by atoms with Gasteiger partial charge in [0.2, 0.25) is 10.0 Å². The summed E-state index contributed by atoms with van der Waals surface area (Å²) in [5.74, 6) is 0. The van der Waals surface area contributed by atoms with Crippen molar-refractivity contribution in [3.63, 3.8) is 0 Å². The molecule has 0 heterocycles. The summed E-state index contributed by atoms with van der Waals surface area (Å²) >= 11 is 0. The summed E-state index contributed by atoms with van der Waals surface area (Å²) in [5, 5.41) is 8.79. The van der Waals surface area contributed by atoms with Gasteiger partial charge in [-0.2, -0.15) is 18.4 Å². The molecule has 0 spiro atoms. The highest BCUT2D eigenvalue weighted by Gasteiger charge is 2.36. The minimum atomic E-state index is -4.71. The van der Waals surface area contributed by atoms with Gasteiger partial charge in [0, 0.05) is 12.1 Å². The number of nitrogens with zero attached hydrogens (tertiary/aromatic N) is 1. The van der Waals surface area contributed by atoms with Crippen LogP contribution < -0.4 is 10.5 Å². The van der Waals surface area contributed by atoms with Crippen LogP contribution in [0.1, 0.15) is 30.4 Å². The first-order chi connectivity index (χ1) is 10.1. The number of sulfonamides is 1. The van der Waals surface area contributed by atoms with Crippen molar-refractivity contribution in [3.8, 4) is 6.07 Å². The van der Waals surface area contributed by atoms with Gasteiger partial charge in [0.05, 0.1) is 22.1 Å². The highest BCUT2D eigenvalue weighted by atomic mass is 32.2. The molecule has 0 aromatic heterocycles. The van der Waals surface area contributed by atoms with Gasteiger partial charge < -0.3 is 5.73 Å². The largest absolute Gasteiger partial charge is 0.417 e. The smallest absolute Gasteiger partial charge is 0.324 e. The highest BCUT2D eigenvalue weighted by molar-refractivity contribution is 7.89. The van der Waals surface area contributed by atoms with Gasteiger partial charge in [-0.15, -0.1) is 0 Å². The molecule has 0 saturated heterocycles. The molecule has 0 aliphatic heterocycles. The van der Waals surface area contributed by atoms with Gasteiger partial charge in [-0.05, 0) is 37.5 Å². The molecular formula is C13H14F3N3O2S. The fraction of sp³-hybridized carbons (Fsp3) is 0.462. The summed E-state index contributed by atoms with van der Waals surface area (Å²) in [6.45, 7) is 0.0121. The van der Waals surface area contributed by atoms with Crippen LogP contribution in [0.4, 0.5) is 13.2 Å². The number of nitrogens with two attached hydrogens (primary N) is 1. The van der Waals surface area contributed by atoms with Crippen LogP contribution in [0, 0.1) is 11.3 Å². The van der Waals surface area contributed by atoms with Crippen LogP contribution in [0.25, 0.3) is 0 Å². The Morgan fingerprint density at radius 3 is 2.45 bits per heavy atom. The molecule has 9 heteroatoms. The molecule has 1 aliphatic carbocycles. The summed E-state index contributed by atoms with van der Waals surface area (Å²) in [6.07, 6.45) is -2.43. The van der Waals surface area contributed by atoms with E-state index in [2.05, 4.69) is 4.72 Å². The standard InChI is InChI=1S/C13H14F3N3O2S/c14-13(15,16)11-3-2-10(6-9(11)7-17)22(20,21)19-8-12(18)4-1-5-12/h2-3,6,19H,1,4-5,8,18H2. The molecule has 1 saturated carbocycles. The Kier molecular flexibility index (Phi) is 4.21. The lowest BCUT2D eigenvalue weighted by Crippen LogP contribution is -2.54. The first-order valence-electron chi connectivity index (χ1n) is 6.47. The van der Waals surface area contributed by atoms with Crippen molar-refractivity contribution in [2.24, 2.45) is 5.73 Å². The van der Waals surface area contributed by atoms with Gasteiger partial charge in [0.1, 0.15) is 0 Å². The molecule has 0 unspecified atom stereocenters. The number of rotatable bonds is 4. The minimum absolute atomic E-state index is 0.0121. The van der Waals surface area contributed by atoms with E-state index in [1.807, 2.05) is 0 Å². The van der Waals surface area contributed by atoms with Crippen molar-refractivity contribution < 1.29 is 21.6 Å². The Morgan fingerprint density at radius 2 is 2.00 bits per heavy atom. The number of alkyl halides is 3. The fourth-order valence-electron chi connectivity index (χ4n) is 2.16. The van der Waals surface area contributed by atoms with E-state index in [-0.39, 0.29) is 11.4 Å². The number of hydrogen-bond acceptors (Lipinski definition) is 4. The van der Waals surface area contributed by atoms with Crippen LogP contribution in [0.3, 0.4) is 0 Å². The molecule has 1 fully saturated rings. The topological polar surface area (TPSA) is 96.0 Å². The van der Waals surface area contributed by atoms with Gasteiger partial charge in [-0.1, -0.05) is 0 Å². The van der Waals surface area contributed by atoms with Crippen LogP contribution in [-0.2, 0) is 16.2 Å². The van der Waals surface area contributed by atoms with Crippen LogP contribution in [-0.4, -0.2) is 20.5 Å². The third-order valence-electron chi connectivity index (χ3n) is 3.69. The lowest BCUT2D eigenvalue weighted by Gasteiger charge is -2.38. The van der Waals surface area contributed by atoms with Crippen LogP contribution in [0.15, 0.2) is 23.1 Å². The van der Waals surface area contributed by atoms with E-state index in [9.17, 15) is 21.6 Å². The molecule has 3 N–H and O–H groups in total. The van der Waals surface area contributed by atoms with E-state index in [0.717, 1.165) is 18.6 Å². The second-order valence-corrected chi connectivity index (χ2v) is 7.12. The first kappa shape index (κ1) is 16.7. The lowest BCUT2D eigenvalue weighted by atomic mass is 9.78. The zero-order valence-corrected chi connectivity index (χ0v) is 12.3. The van der Waals surface area contributed by atoms with Crippen LogP contribution >= 0.6 is 0 Å². The maximum absolute atomic E-state index is 12.7. The molecular weight excluding hydrogens is 319 g/mol. The average Bonchev–Trinajstić information content (AvgIpc) is 2.41. The second-order valence-electron chi connectivity index (χ2n) is 5.36. The van der Waals surface area contributed by atoms with Gasteiger partial charge in [-0.25, -0.2) is 13.1 Å². The normalized spacial score (nSPS) is 17.6. The van der Waals surface area contributed by atoms with Crippen LogP contribution in [0.5, 0.6) is 0 Å².